The molecule has 1 N–H and O–H groups in total. The van der Waals surface area contributed by atoms with Crippen molar-refractivity contribution in [1.29, 1.82) is 0 Å². The average Bonchev–Trinajstić information content (AvgIpc) is 2.29. The van der Waals surface area contributed by atoms with Gasteiger partial charge in [0.05, 0.1) is 5.02 Å². The molecule has 1 aromatic carbocycles. The van der Waals surface area contributed by atoms with Crippen LogP contribution in [0.2, 0.25) is 5.02 Å². The SMILES string of the molecule is CCCCSC(=O)NS(=O)(=O)c1ccccc1Cl. The molecule has 0 aliphatic rings. The molecule has 0 aromatic heterocycles. The molecule has 100 valence electrons. The summed E-state index contributed by atoms with van der Waals surface area (Å²) in [5.74, 6) is 0.598. The smallest absolute Gasteiger partial charge is 0.261 e. The molecule has 0 spiro atoms. The maximum absolute atomic E-state index is 11.9. The first-order valence-corrected chi connectivity index (χ1v) is 8.26. The van der Waals surface area contributed by atoms with Crippen molar-refractivity contribution in [3.63, 3.8) is 0 Å². The van der Waals surface area contributed by atoms with Crippen LogP contribution in [0.1, 0.15) is 19.8 Å². The maximum atomic E-state index is 11.9. The number of amides is 1. The Bertz CT molecular complexity index is 517. The van der Waals surface area contributed by atoms with E-state index in [1.165, 1.54) is 12.1 Å². The Morgan fingerprint density at radius 2 is 2.06 bits per heavy atom. The van der Waals surface area contributed by atoms with Crippen molar-refractivity contribution in [2.24, 2.45) is 0 Å². The molecule has 0 saturated heterocycles. The summed E-state index contributed by atoms with van der Waals surface area (Å²) in [6.45, 7) is 2.00. The molecule has 0 aliphatic carbocycles. The Morgan fingerprint density at radius 3 is 2.67 bits per heavy atom. The first-order chi connectivity index (χ1) is 8.47. The van der Waals surface area contributed by atoms with Crippen molar-refractivity contribution in [1.82, 2.24) is 4.72 Å². The summed E-state index contributed by atoms with van der Waals surface area (Å²) in [6.07, 6.45) is 1.82. The van der Waals surface area contributed by atoms with Gasteiger partial charge in [-0.25, -0.2) is 13.1 Å². The fourth-order valence-corrected chi connectivity index (χ4v) is 3.70. The highest BCUT2D eigenvalue weighted by Gasteiger charge is 2.20. The number of benzene rings is 1. The number of halogens is 1. The molecule has 18 heavy (non-hydrogen) atoms. The van der Waals surface area contributed by atoms with Crippen molar-refractivity contribution in [3.05, 3.63) is 29.3 Å². The maximum Gasteiger partial charge on any atom is 0.292 e. The van der Waals surface area contributed by atoms with E-state index in [0.29, 0.717) is 5.75 Å². The van der Waals surface area contributed by atoms with Gasteiger partial charge in [-0.3, -0.25) is 4.79 Å². The van der Waals surface area contributed by atoms with Crippen molar-refractivity contribution in [2.75, 3.05) is 5.75 Å². The minimum atomic E-state index is -3.88. The van der Waals surface area contributed by atoms with E-state index in [-0.39, 0.29) is 9.92 Å². The van der Waals surface area contributed by atoms with Gasteiger partial charge in [-0.2, -0.15) is 0 Å². The van der Waals surface area contributed by atoms with Gasteiger partial charge in [0.1, 0.15) is 4.90 Å². The second-order valence-electron chi connectivity index (χ2n) is 3.53. The standard InChI is InChI=1S/C11H14ClNO3S2/c1-2-3-8-17-11(14)13-18(15,16)10-7-5-4-6-9(10)12/h4-7H,2-3,8H2,1H3,(H,13,14). The lowest BCUT2D eigenvalue weighted by Gasteiger charge is -2.07. The van der Waals surface area contributed by atoms with Gasteiger partial charge in [0.2, 0.25) is 0 Å². The number of carbonyl (C=O) groups excluding carboxylic acids is 1. The number of unbranched alkanes of at least 4 members (excludes halogenated alkanes) is 1. The van der Waals surface area contributed by atoms with E-state index in [1.54, 1.807) is 12.1 Å². The molecule has 0 atom stereocenters. The third-order valence-corrected chi connectivity index (χ3v) is 4.89. The molecule has 1 aromatic rings. The summed E-state index contributed by atoms with van der Waals surface area (Å²) in [5.41, 5.74) is 0. The second kappa shape index (κ2) is 7.01. The predicted octanol–water partition coefficient (Wildman–Crippen LogP) is 3.27. The molecule has 1 amide bonds. The van der Waals surface area contributed by atoms with E-state index in [9.17, 15) is 13.2 Å². The fraction of sp³-hybridized carbons (Fsp3) is 0.364. The number of carbonyl (C=O) groups is 1. The van der Waals surface area contributed by atoms with Crippen molar-refractivity contribution in [2.45, 2.75) is 24.7 Å². The Labute approximate surface area is 116 Å². The average molecular weight is 308 g/mol. The quantitative estimate of drug-likeness (QED) is 0.848. The molecule has 4 nitrogen and oxygen atoms in total. The third-order valence-electron chi connectivity index (χ3n) is 2.07. The highest BCUT2D eigenvalue weighted by molar-refractivity contribution is 8.14. The predicted molar refractivity (Wildman–Crippen MR) is 74.5 cm³/mol. The highest BCUT2D eigenvalue weighted by atomic mass is 35.5. The third kappa shape index (κ3) is 4.51. The van der Waals surface area contributed by atoms with Gasteiger partial charge in [0.15, 0.2) is 0 Å². The lowest BCUT2D eigenvalue weighted by atomic mass is 10.4. The van der Waals surface area contributed by atoms with Crippen molar-refractivity contribution < 1.29 is 13.2 Å². The van der Waals surface area contributed by atoms with Gasteiger partial charge in [0.25, 0.3) is 15.3 Å². The summed E-state index contributed by atoms with van der Waals surface area (Å²) in [6, 6.07) is 5.99. The minimum Gasteiger partial charge on any atom is -0.261 e. The van der Waals surface area contributed by atoms with Crippen LogP contribution < -0.4 is 4.72 Å². The molecular formula is C11H14ClNO3S2. The first-order valence-electron chi connectivity index (χ1n) is 5.41. The van der Waals surface area contributed by atoms with E-state index in [1.807, 2.05) is 11.6 Å². The van der Waals surface area contributed by atoms with Crippen LogP contribution in [-0.2, 0) is 10.0 Å². The molecule has 0 radical (unpaired) electrons. The van der Waals surface area contributed by atoms with Crippen LogP contribution >= 0.6 is 23.4 Å². The highest BCUT2D eigenvalue weighted by Crippen LogP contribution is 2.20. The van der Waals surface area contributed by atoms with Gasteiger partial charge < -0.3 is 0 Å². The molecule has 0 saturated carbocycles. The zero-order valence-electron chi connectivity index (χ0n) is 9.85. The molecule has 0 bridgehead atoms. The second-order valence-corrected chi connectivity index (χ2v) is 6.65. The lowest BCUT2D eigenvalue weighted by Crippen LogP contribution is -2.27. The van der Waals surface area contributed by atoms with Crippen LogP contribution in [0, 0.1) is 0 Å². The topological polar surface area (TPSA) is 63.2 Å². The summed E-state index contributed by atoms with van der Waals surface area (Å²) >= 11 is 6.74. The van der Waals surface area contributed by atoms with Gasteiger partial charge in [0, 0.05) is 5.75 Å². The monoisotopic (exact) mass is 307 g/mol. The summed E-state index contributed by atoms with van der Waals surface area (Å²) < 4.78 is 25.7. The molecule has 1 rings (SSSR count). The molecular weight excluding hydrogens is 294 g/mol. The van der Waals surface area contributed by atoms with Gasteiger partial charge in [-0.05, 0) is 18.6 Å². The molecule has 0 unspecified atom stereocenters. The van der Waals surface area contributed by atoms with Gasteiger partial charge >= 0.3 is 0 Å². The Kier molecular flexibility index (Phi) is 5.98. The molecule has 0 heterocycles. The van der Waals surface area contributed by atoms with Gasteiger partial charge in [-0.15, -0.1) is 0 Å². The van der Waals surface area contributed by atoms with Crippen molar-refractivity contribution in [3.8, 4) is 0 Å². The fourth-order valence-electron chi connectivity index (χ4n) is 1.17. The van der Waals surface area contributed by atoms with E-state index in [2.05, 4.69) is 0 Å². The zero-order valence-corrected chi connectivity index (χ0v) is 12.2. The Hall–Kier alpha value is -0.720. The Balaban J connectivity index is 2.71. The van der Waals surface area contributed by atoms with Gasteiger partial charge in [-0.1, -0.05) is 48.8 Å². The number of hydrogen-bond donors (Lipinski definition) is 1. The normalized spacial score (nSPS) is 11.2. The summed E-state index contributed by atoms with van der Waals surface area (Å²) in [4.78, 5) is 11.4. The Morgan fingerprint density at radius 1 is 1.39 bits per heavy atom. The van der Waals surface area contributed by atoms with Crippen LogP contribution in [0.15, 0.2) is 29.2 Å². The zero-order chi connectivity index (χ0) is 13.6. The van der Waals surface area contributed by atoms with Crippen LogP contribution in [0.5, 0.6) is 0 Å². The largest absolute Gasteiger partial charge is 0.292 e. The lowest BCUT2D eigenvalue weighted by molar-refractivity contribution is 0.264. The number of nitrogens with one attached hydrogen (secondary N) is 1. The number of thioether (sulfide) groups is 1. The summed E-state index contributed by atoms with van der Waals surface area (Å²) in [5, 5.41) is -0.486. The van der Waals surface area contributed by atoms with Crippen LogP contribution in [0.25, 0.3) is 0 Å². The molecule has 0 aliphatic heterocycles. The number of rotatable bonds is 5. The summed E-state index contributed by atoms with van der Waals surface area (Å²) in [7, 11) is -3.88. The van der Waals surface area contributed by atoms with E-state index in [0.717, 1.165) is 24.6 Å². The molecule has 0 fully saturated rings. The minimum absolute atomic E-state index is 0.0869. The van der Waals surface area contributed by atoms with E-state index < -0.39 is 15.3 Å². The van der Waals surface area contributed by atoms with Crippen molar-refractivity contribution >= 4 is 38.6 Å². The van der Waals surface area contributed by atoms with Crippen LogP contribution in [0.4, 0.5) is 4.79 Å². The van der Waals surface area contributed by atoms with Crippen LogP contribution in [0.3, 0.4) is 0 Å². The van der Waals surface area contributed by atoms with E-state index in [4.69, 9.17) is 11.6 Å². The molecule has 7 heteroatoms. The van der Waals surface area contributed by atoms with Crippen LogP contribution in [-0.4, -0.2) is 19.4 Å². The van der Waals surface area contributed by atoms with E-state index >= 15 is 0 Å². The number of hydrogen-bond acceptors (Lipinski definition) is 4. The number of sulfonamides is 1. The first kappa shape index (κ1) is 15.3.